The third-order valence-electron chi connectivity index (χ3n) is 3.53. The van der Waals surface area contributed by atoms with Gasteiger partial charge in [-0.3, -0.25) is 9.10 Å². The number of methoxy groups -OCH3 is 1. The van der Waals surface area contributed by atoms with E-state index >= 15 is 0 Å². The third-order valence-corrected chi connectivity index (χ3v) is 4.91. The Morgan fingerprint density at radius 3 is 2.52 bits per heavy atom. The summed E-state index contributed by atoms with van der Waals surface area (Å²) in [6.07, 6.45) is 1.03. The zero-order chi connectivity index (χ0) is 20.0. The van der Waals surface area contributed by atoms with Crippen molar-refractivity contribution < 1.29 is 22.7 Å². The van der Waals surface area contributed by atoms with Gasteiger partial charge in [0.25, 0.3) is 0 Å². The van der Waals surface area contributed by atoms with Crippen molar-refractivity contribution in [1.29, 1.82) is 0 Å². The van der Waals surface area contributed by atoms with Crippen molar-refractivity contribution in [2.45, 2.75) is 6.92 Å². The fourth-order valence-corrected chi connectivity index (χ4v) is 3.42. The highest BCUT2D eigenvalue weighted by atomic mass is 35.5. The molecular weight excluding hydrogens is 392 g/mol. The van der Waals surface area contributed by atoms with Crippen molar-refractivity contribution in [3.63, 3.8) is 0 Å². The molecule has 9 heteroatoms. The average Bonchev–Trinajstić information content (AvgIpc) is 2.60. The Hall–Kier alpha value is -2.45. The van der Waals surface area contributed by atoms with Crippen molar-refractivity contribution in [2.75, 3.05) is 36.1 Å². The molecule has 0 heterocycles. The fraction of sp³-hybridized carbons (Fsp3) is 0.278. The number of sulfonamides is 1. The first-order valence-corrected chi connectivity index (χ1v) is 10.3. The molecule has 27 heavy (non-hydrogen) atoms. The van der Waals surface area contributed by atoms with Gasteiger partial charge < -0.3 is 14.8 Å². The molecule has 0 saturated heterocycles. The standard InChI is InChI=1S/C18H21ClN2O5S/c1-4-26-16-9-8-14(11-17(16)25-2)20-18(22)12-21(27(3,23)24)15-7-5-6-13(19)10-15/h5-11H,4,12H2,1-3H3,(H,20,22). The number of carbonyl (C=O) groups is 1. The van der Waals surface area contributed by atoms with Crippen LogP contribution >= 0.6 is 11.6 Å². The summed E-state index contributed by atoms with van der Waals surface area (Å²) in [5.74, 6) is 0.505. The number of hydrogen-bond donors (Lipinski definition) is 1. The first-order chi connectivity index (χ1) is 12.7. The predicted octanol–water partition coefficient (Wildman–Crippen LogP) is 3.15. The summed E-state index contributed by atoms with van der Waals surface area (Å²) in [7, 11) is -2.19. The summed E-state index contributed by atoms with van der Waals surface area (Å²) in [4.78, 5) is 12.4. The highest BCUT2D eigenvalue weighted by Gasteiger charge is 2.21. The molecule has 2 aromatic carbocycles. The largest absolute Gasteiger partial charge is 0.493 e. The van der Waals surface area contributed by atoms with Gasteiger partial charge in [-0.15, -0.1) is 0 Å². The van der Waals surface area contributed by atoms with Gasteiger partial charge in [0.05, 0.1) is 25.7 Å². The molecule has 0 fully saturated rings. The van der Waals surface area contributed by atoms with Gasteiger partial charge in [0.15, 0.2) is 11.5 Å². The van der Waals surface area contributed by atoms with E-state index in [9.17, 15) is 13.2 Å². The molecule has 0 radical (unpaired) electrons. The van der Waals surface area contributed by atoms with Crippen molar-refractivity contribution in [3.8, 4) is 11.5 Å². The Kier molecular flexibility index (Phi) is 6.92. The van der Waals surface area contributed by atoms with Crippen LogP contribution in [0.4, 0.5) is 11.4 Å². The lowest BCUT2D eigenvalue weighted by molar-refractivity contribution is -0.114. The normalized spacial score (nSPS) is 11.0. The van der Waals surface area contributed by atoms with Crippen LogP contribution in [-0.2, 0) is 14.8 Å². The molecule has 0 aliphatic heterocycles. The molecule has 2 rings (SSSR count). The zero-order valence-electron chi connectivity index (χ0n) is 15.2. The van der Waals surface area contributed by atoms with E-state index in [2.05, 4.69) is 5.32 Å². The van der Waals surface area contributed by atoms with Gasteiger partial charge in [0, 0.05) is 16.8 Å². The Balaban J connectivity index is 2.19. The number of halogens is 1. The van der Waals surface area contributed by atoms with Gasteiger partial charge in [0.1, 0.15) is 6.54 Å². The second-order valence-corrected chi connectivity index (χ2v) is 7.94. The molecule has 146 valence electrons. The van der Waals surface area contributed by atoms with Gasteiger partial charge in [0.2, 0.25) is 15.9 Å². The number of rotatable bonds is 8. The van der Waals surface area contributed by atoms with Crippen LogP contribution in [0.1, 0.15) is 6.92 Å². The maximum Gasteiger partial charge on any atom is 0.245 e. The number of ether oxygens (including phenoxy) is 2. The molecule has 1 N–H and O–H groups in total. The molecule has 0 aliphatic rings. The van der Waals surface area contributed by atoms with Crippen molar-refractivity contribution in [1.82, 2.24) is 0 Å². The first-order valence-electron chi connectivity index (χ1n) is 8.08. The third kappa shape index (κ3) is 5.77. The molecule has 0 aliphatic carbocycles. The molecule has 0 spiro atoms. The lowest BCUT2D eigenvalue weighted by Crippen LogP contribution is -2.37. The SMILES string of the molecule is CCOc1ccc(NC(=O)CN(c2cccc(Cl)c2)S(C)(=O)=O)cc1OC. The minimum absolute atomic E-state index is 0.310. The smallest absolute Gasteiger partial charge is 0.245 e. The lowest BCUT2D eigenvalue weighted by atomic mass is 10.2. The van der Waals surface area contributed by atoms with Crippen LogP contribution in [0.25, 0.3) is 0 Å². The number of hydrogen-bond acceptors (Lipinski definition) is 5. The Morgan fingerprint density at radius 1 is 1.19 bits per heavy atom. The number of anilines is 2. The Morgan fingerprint density at radius 2 is 1.93 bits per heavy atom. The van der Waals surface area contributed by atoms with Crippen LogP contribution in [0.3, 0.4) is 0 Å². The van der Waals surface area contributed by atoms with Crippen LogP contribution in [0.5, 0.6) is 11.5 Å². The van der Waals surface area contributed by atoms with Gasteiger partial charge in [-0.1, -0.05) is 17.7 Å². The van der Waals surface area contributed by atoms with E-state index in [1.165, 1.54) is 13.2 Å². The van der Waals surface area contributed by atoms with Crippen molar-refractivity contribution in [3.05, 3.63) is 47.5 Å². The molecule has 0 atom stereocenters. The van der Waals surface area contributed by atoms with E-state index in [0.717, 1.165) is 10.6 Å². The molecule has 1 amide bonds. The van der Waals surface area contributed by atoms with E-state index in [4.69, 9.17) is 21.1 Å². The van der Waals surface area contributed by atoms with E-state index in [1.54, 1.807) is 36.4 Å². The number of carbonyl (C=O) groups excluding carboxylic acids is 1. The lowest BCUT2D eigenvalue weighted by Gasteiger charge is -2.22. The monoisotopic (exact) mass is 412 g/mol. The molecule has 0 bridgehead atoms. The predicted molar refractivity (Wildman–Crippen MR) is 106 cm³/mol. The van der Waals surface area contributed by atoms with Crippen molar-refractivity contribution in [2.24, 2.45) is 0 Å². The molecule has 0 unspecified atom stereocenters. The summed E-state index contributed by atoms with van der Waals surface area (Å²) in [5, 5.41) is 3.03. The molecular formula is C18H21ClN2O5S. The van der Waals surface area contributed by atoms with Gasteiger partial charge in [-0.05, 0) is 37.3 Å². The minimum atomic E-state index is -3.68. The summed E-state index contributed by atoms with van der Waals surface area (Å²) in [6.45, 7) is 1.93. The molecule has 7 nitrogen and oxygen atoms in total. The highest BCUT2D eigenvalue weighted by molar-refractivity contribution is 7.92. The van der Waals surface area contributed by atoms with E-state index in [1.807, 2.05) is 6.92 Å². The van der Waals surface area contributed by atoms with Gasteiger partial charge >= 0.3 is 0 Å². The maximum atomic E-state index is 12.4. The van der Waals surface area contributed by atoms with E-state index in [0.29, 0.717) is 34.5 Å². The first kappa shape index (κ1) is 20.9. The zero-order valence-corrected chi connectivity index (χ0v) is 16.8. The Bertz CT molecular complexity index is 918. The van der Waals surface area contributed by atoms with E-state index in [-0.39, 0.29) is 0 Å². The maximum absolute atomic E-state index is 12.4. The van der Waals surface area contributed by atoms with Crippen LogP contribution < -0.4 is 19.1 Å². The number of nitrogens with zero attached hydrogens (tertiary/aromatic N) is 1. The highest BCUT2D eigenvalue weighted by Crippen LogP contribution is 2.30. The van der Waals surface area contributed by atoms with Gasteiger partial charge in [-0.25, -0.2) is 8.42 Å². The molecule has 0 saturated carbocycles. The van der Waals surface area contributed by atoms with Crippen LogP contribution in [-0.4, -0.2) is 40.8 Å². The number of nitrogens with one attached hydrogen (secondary N) is 1. The fourth-order valence-electron chi connectivity index (χ4n) is 2.38. The second-order valence-electron chi connectivity index (χ2n) is 5.60. The number of amides is 1. The molecule has 2 aromatic rings. The average molecular weight is 413 g/mol. The Labute approximate surface area is 163 Å². The van der Waals surface area contributed by atoms with Crippen molar-refractivity contribution >= 4 is 38.9 Å². The summed E-state index contributed by atoms with van der Waals surface area (Å²) in [5.41, 5.74) is 0.768. The minimum Gasteiger partial charge on any atom is -0.493 e. The van der Waals surface area contributed by atoms with E-state index < -0.39 is 22.5 Å². The molecule has 0 aromatic heterocycles. The quantitative estimate of drug-likeness (QED) is 0.719. The topological polar surface area (TPSA) is 84.9 Å². The number of benzene rings is 2. The second kappa shape index (κ2) is 8.96. The summed E-state index contributed by atoms with van der Waals surface area (Å²) < 4.78 is 35.9. The van der Waals surface area contributed by atoms with Crippen LogP contribution in [0.2, 0.25) is 5.02 Å². The van der Waals surface area contributed by atoms with Gasteiger partial charge in [-0.2, -0.15) is 0 Å². The van der Waals surface area contributed by atoms with Crippen LogP contribution in [0, 0.1) is 0 Å². The van der Waals surface area contributed by atoms with Crippen LogP contribution in [0.15, 0.2) is 42.5 Å². The summed E-state index contributed by atoms with van der Waals surface area (Å²) >= 11 is 5.93. The summed E-state index contributed by atoms with van der Waals surface area (Å²) in [6, 6.07) is 11.2.